The van der Waals surface area contributed by atoms with Gasteiger partial charge in [-0.2, -0.15) is 4.31 Å². The van der Waals surface area contributed by atoms with E-state index in [1.165, 1.54) is 11.4 Å². The van der Waals surface area contributed by atoms with E-state index in [0.29, 0.717) is 17.9 Å². The lowest BCUT2D eigenvalue weighted by Crippen LogP contribution is -2.35. The Kier molecular flexibility index (Phi) is 7.38. The summed E-state index contributed by atoms with van der Waals surface area (Å²) in [5, 5.41) is 2.85. The third-order valence-corrected chi connectivity index (χ3v) is 6.86. The standard InChI is InChI=1S/C23H25N3O4S/c1-26(31(28,29)21-6-4-3-5-7-21)22(19-8-10-20(30-2)11-9-19)16-23(27)25-17-18-12-14-24-15-13-18/h3-15,22H,16-17H2,1-2H3,(H,25,27)/t22-/m0/s1. The van der Waals surface area contributed by atoms with Crippen molar-refractivity contribution < 1.29 is 17.9 Å². The number of aromatic nitrogens is 1. The molecule has 0 saturated heterocycles. The SMILES string of the molecule is COc1ccc([C@H](CC(=O)NCc2ccncc2)N(C)S(=O)(=O)c2ccccc2)cc1. The molecule has 0 aliphatic heterocycles. The van der Waals surface area contributed by atoms with Crippen molar-refractivity contribution in [3.8, 4) is 5.75 Å². The molecule has 3 aromatic rings. The number of methoxy groups -OCH3 is 1. The Labute approximate surface area is 182 Å². The summed E-state index contributed by atoms with van der Waals surface area (Å²) in [6, 6.07) is 18.2. The van der Waals surface area contributed by atoms with Gasteiger partial charge in [0.15, 0.2) is 0 Å². The van der Waals surface area contributed by atoms with E-state index in [-0.39, 0.29) is 17.2 Å². The maximum Gasteiger partial charge on any atom is 0.243 e. The molecule has 7 nitrogen and oxygen atoms in total. The summed E-state index contributed by atoms with van der Waals surface area (Å²) in [6.45, 7) is 0.339. The molecule has 0 aliphatic rings. The highest BCUT2D eigenvalue weighted by molar-refractivity contribution is 7.89. The van der Waals surface area contributed by atoms with Crippen molar-refractivity contribution in [3.63, 3.8) is 0 Å². The van der Waals surface area contributed by atoms with Gasteiger partial charge in [-0.1, -0.05) is 30.3 Å². The molecule has 0 bridgehead atoms. The molecule has 2 aromatic carbocycles. The average Bonchev–Trinajstić information content (AvgIpc) is 2.82. The van der Waals surface area contributed by atoms with E-state index >= 15 is 0 Å². The summed E-state index contributed by atoms with van der Waals surface area (Å²) in [7, 11) is -0.747. The predicted octanol–water partition coefficient (Wildman–Crippen LogP) is 3.16. The second-order valence-corrected chi connectivity index (χ2v) is 8.96. The molecule has 0 saturated carbocycles. The van der Waals surface area contributed by atoms with Crippen LogP contribution in [-0.4, -0.2) is 37.8 Å². The molecule has 3 rings (SSSR count). The Bertz CT molecular complexity index is 1090. The maximum atomic E-state index is 13.2. The lowest BCUT2D eigenvalue weighted by Gasteiger charge is -2.28. The molecule has 1 amide bonds. The Balaban J connectivity index is 1.84. The minimum Gasteiger partial charge on any atom is -0.497 e. The summed E-state index contributed by atoms with van der Waals surface area (Å²) in [5.74, 6) is 0.394. The largest absolute Gasteiger partial charge is 0.497 e. The van der Waals surface area contributed by atoms with Gasteiger partial charge < -0.3 is 10.1 Å². The molecule has 1 aromatic heterocycles. The van der Waals surface area contributed by atoms with E-state index in [0.717, 1.165) is 5.56 Å². The molecule has 162 valence electrons. The van der Waals surface area contributed by atoms with E-state index in [1.54, 1.807) is 74.1 Å². The number of rotatable bonds is 9. The number of hydrogen-bond donors (Lipinski definition) is 1. The van der Waals surface area contributed by atoms with Crippen LogP contribution in [-0.2, 0) is 21.4 Å². The second kappa shape index (κ2) is 10.2. The molecular weight excluding hydrogens is 414 g/mol. The van der Waals surface area contributed by atoms with E-state index in [2.05, 4.69) is 10.3 Å². The van der Waals surface area contributed by atoms with Crippen LogP contribution in [0.2, 0.25) is 0 Å². The van der Waals surface area contributed by atoms with Crippen molar-refractivity contribution in [2.75, 3.05) is 14.2 Å². The van der Waals surface area contributed by atoms with Crippen LogP contribution in [0.15, 0.2) is 84.0 Å². The van der Waals surface area contributed by atoms with Crippen LogP contribution in [0.5, 0.6) is 5.75 Å². The van der Waals surface area contributed by atoms with E-state index in [1.807, 2.05) is 12.1 Å². The van der Waals surface area contributed by atoms with Crippen LogP contribution in [0.25, 0.3) is 0 Å². The molecule has 0 unspecified atom stereocenters. The van der Waals surface area contributed by atoms with Crippen molar-refractivity contribution in [2.45, 2.75) is 23.9 Å². The fourth-order valence-corrected chi connectivity index (χ4v) is 4.52. The summed E-state index contributed by atoms with van der Waals surface area (Å²) >= 11 is 0. The minimum atomic E-state index is -3.80. The van der Waals surface area contributed by atoms with Gasteiger partial charge in [0.1, 0.15) is 5.75 Å². The first kappa shape index (κ1) is 22.5. The number of pyridine rings is 1. The first-order chi connectivity index (χ1) is 14.9. The molecule has 0 radical (unpaired) electrons. The van der Waals surface area contributed by atoms with Crippen LogP contribution in [0.3, 0.4) is 0 Å². The van der Waals surface area contributed by atoms with Gasteiger partial charge in [-0.25, -0.2) is 8.42 Å². The molecule has 1 N–H and O–H groups in total. The number of nitrogens with one attached hydrogen (secondary N) is 1. The first-order valence-electron chi connectivity index (χ1n) is 9.74. The number of ether oxygens (including phenoxy) is 1. The van der Waals surface area contributed by atoms with Crippen molar-refractivity contribution >= 4 is 15.9 Å². The van der Waals surface area contributed by atoms with Crippen LogP contribution in [0, 0.1) is 0 Å². The summed E-state index contributed by atoms with van der Waals surface area (Å²) in [4.78, 5) is 16.8. The predicted molar refractivity (Wildman–Crippen MR) is 118 cm³/mol. The number of carbonyl (C=O) groups is 1. The molecule has 8 heteroatoms. The lowest BCUT2D eigenvalue weighted by molar-refractivity contribution is -0.122. The molecule has 0 fully saturated rings. The van der Waals surface area contributed by atoms with Crippen LogP contribution >= 0.6 is 0 Å². The molecule has 0 aliphatic carbocycles. The number of amides is 1. The number of nitrogens with zero attached hydrogens (tertiary/aromatic N) is 2. The fraction of sp³-hybridized carbons (Fsp3) is 0.217. The van der Waals surface area contributed by atoms with Crippen molar-refractivity contribution in [1.82, 2.24) is 14.6 Å². The average molecular weight is 440 g/mol. The summed E-state index contributed by atoms with van der Waals surface area (Å²) in [5.41, 5.74) is 1.61. The lowest BCUT2D eigenvalue weighted by atomic mass is 10.0. The van der Waals surface area contributed by atoms with Crippen LogP contribution in [0.1, 0.15) is 23.6 Å². The molecule has 1 heterocycles. The smallest absolute Gasteiger partial charge is 0.243 e. The summed E-state index contributed by atoms with van der Waals surface area (Å²) < 4.78 is 32.8. The Morgan fingerprint density at radius 2 is 1.68 bits per heavy atom. The zero-order valence-electron chi connectivity index (χ0n) is 17.4. The highest BCUT2D eigenvalue weighted by atomic mass is 32.2. The third kappa shape index (κ3) is 5.68. The fourth-order valence-electron chi connectivity index (χ4n) is 3.16. The highest BCUT2D eigenvalue weighted by Crippen LogP contribution is 2.30. The minimum absolute atomic E-state index is 0.0278. The van der Waals surface area contributed by atoms with Gasteiger partial charge in [0.25, 0.3) is 0 Å². The summed E-state index contributed by atoms with van der Waals surface area (Å²) in [6.07, 6.45) is 3.28. The second-order valence-electron chi connectivity index (χ2n) is 6.96. The van der Waals surface area contributed by atoms with Crippen molar-refractivity contribution in [3.05, 3.63) is 90.3 Å². The zero-order valence-corrected chi connectivity index (χ0v) is 18.2. The van der Waals surface area contributed by atoms with E-state index < -0.39 is 16.1 Å². The van der Waals surface area contributed by atoms with Crippen molar-refractivity contribution in [2.24, 2.45) is 0 Å². The first-order valence-corrected chi connectivity index (χ1v) is 11.2. The zero-order chi connectivity index (χ0) is 22.3. The number of sulfonamides is 1. The van der Waals surface area contributed by atoms with Crippen LogP contribution < -0.4 is 10.1 Å². The van der Waals surface area contributed by atoms with Gasteiger partial charge in [0, 0.05) is 32.4 Å². The molecule has 1 atom stereocenters. The Hall–Kier alpha value is -3.23. The monoisotopic (exact) mass is 439 g/mol. The maximum absolute atomic E-state index is 13.2. The highest BCUT2D eigenvalue weighted by Gasteiger charge is 2.30. The van der Waals surface area contributed by atoms with Crippen LogP contribution in [0.4, 0.5) is 0 Å². The van der Waals surface area contributed by atoms with Gasteiger partial charge in [-0.15, -0.1) is 0 Å². The number of hydrogen-bond acceptors (Lipinski definition) is 5. The Morgan fingerprint density at radius 1 is 1.03 bits per heavy atom. The topological polar surface area (TPSA) is 88.6 Å². The Morgan fingerprint density at radius 3 is 2.29 bits per heavy atom. The van der Waals surface area contributed by atoms with E-state index in [4.69, 9.17) is 4.74 Å². The van der Waals surface area contributed by atoms with Gasteiger partial charge >= 0.3 is 0 Å². The normalized spacial score (nSPS) is 12.4. The number of carbonyl (C=O) groups excluding carboxylic acids is 1. The molecule has 31 heavy (non-hydrogen) atoms. The molecular formula is C23H25N3O4S. The van der Waals surface area contributed by atoms with Gasteiger partial charge in [0.05, 0.1) is 18.0 Å². The quantitative estimate of drug-likeness (QED) is 0.553. The molecule has 0 spiro atoms. The van der Waals surface area contributed by atoms with Gasteiger partial charge in [-0.3, -0.25) is 9.78 Å². The third-order valence-electron chi connectivity index (χ3n) is 4.98. The van der Waals surface area contributed by atoms with Gasteiger partial charge in [0.2, 0.25) is 15.9 Å². The van der Waals surface area contributed by atoms with Gasteiger partial charge in [-0.05, 0) is 47.5 Å². The van der Waals surface area contributed by atoms with Crippen molar-refractivity contribution in [1.29, 1.82) is 0 Å². The van der Waals surface area contributed by atoms with E-state index in [9.17, 15) is 13.2 Å². The number of benzene rings is 2.